The lowest BCUT2D eigenvalue weighted by atomic mass is 9.78. The van der Waals surface area contributed by atoms with Crippen LogP contribution in [0.4, 0.5) is 0 Å². The summed E-state index contributed by atoms with van der Waals surface area (Å²) in [5.41, 5.74) is 2.06. The minimum atomic E-state index is -3.28. The lowest BCUT2D eigenvalue weighted by Gasteiger charge is -2.26. The molecule has 0 bridgehead atoms. The number of nitrogens with zero attached hydrogens (tertiary/aromatic N) is 1. The fourth-order valence-electron chi connectivity index (χ4n) is 4.64. The third-order valence-corrected chi connectivity index (χ3v) is 8.31. The summed E-state index contributed by atoms with van der Waals surface area (Å²) >= 11 is 0. The fourth-order valence-corrected chi connectivity index (χ4v) is 5.55. The molecule has 1 aliphatic heterocycles. The molecule has 1 saturated heterocycles. The molecular formula is C43H74N2O9S. The van der Waals surface area contributed by atoms with Crippen LogP contribution < -0.4 is 14.8 Å². The van der Waals surface area contributed by atoms with Gasteiger partial charge in [0.25, 0.3) is 10.1 Å². The van der Waals surface area contributed by atoms with E-state index in [0.717, 1.165) is 37.2 Å². The van der Waals surface area contributed by atoms with Crippen molar-refractivity contribution >= 4 is 16.0 Å². The molecule has 1 amide bonds. The van der Waals surface area contributed by atoms with Gasteiger partial charge in [0, 0.05) is 29.6 Å². The Bertz CT molecular complexity index is 1440. The molecule has 0 radical (unpaired) electrons. The van der Waals surface area contributed by atoms with Crippen molar-refractivity contribution < 1.29 is 41.4 Å². The molecule has 1 aliphatic rings. The summed E-state index contributed by atoms with van der Waals surface area (Å²) in [7, 11) is -3.28. The molecule has 55 heavy (non-hydrogen) atoms. The molecule has 0 spiro atoms. The summed E-state index contributed by atoms with van der Waals surface area (Å²) in [4.78, 5) is 13.0. The number of amides is 1. The molecule has 2 aromatic rings. The van der Waals surface area contributed by atoms with E-state index in [-0.39, 0.29) is 23.5 Å². The van der Waals surface area contributed by atoms with Crippen LogP contribution in [-0.2, 0) is 34.0 Å². The first kappa shape index (κ1) is 52.0. The summed E-state index contributed by atoms with van der Waals surface area (Å²) in [6, 6.07) is 16.6. The lowest BCUT2D eigenvalue weighted by Crippen LogP contribution is -2.39. The Kier molecular flexibility index (Phi) is 23.9. The van der Waals surface area contributed by atoms with Crippen LogP contribution in [0.25, 0.3) is 0 Å². The van der Waals surface area contributed by atoms with Crippen molar-refractivity contribution in [1.29, 1.82) is 0 Å². The second-order valence-electron chi connectivity index (χ2n) is 16.7. The minimum absolute atomic E-state index is 0.0364. The van der Waals surface area contributed by atoms with Crippen LogP contribution in [0.2, 0.25) is 0 Å². The molecule has 0 aromatic heterocycles. The zero-order chi connectivity index (χ0) is 42.3. The SMILES string of the molecule is C=CC(=O)NC(C)(C)C.CC(C)(C)N1CC1.CC(C)(C)OS(C)(=O)=O.CCCCOc1ccc(C(C)(C)c2ccc(OCCOCCOCCO)cc2)cc1. The standard InChI is InChI=1S/C25H36O5.C7H13NO.C6H13N.C5H12O3S/c1-4-5-15-29-23-10-6-21(7-11-23)25(2,3)22-8-12-24(13-9-22)30-20-19-28-18-17-27-16-14-26;1-5-6(9)8-7(2,3)4;1-6(2,3)7-4-5-7;1-5(2,3)8-9(4,6)7/h6-13,26H,4-5,14-20H2,1-3H3;5H,1H2,2-4H3,(H,8,9);4-5H2,1-3H3;1-4H3. The Morgan fingerprint density at radius 2 is 1.20 bits per heavy atom. The van der Waals surface area contributed by atoms with Crippen molar-refractivity contribution in [3.8, 4) is 11.5 Å². The van der Waals surface area contributed by atoms with E-state index in [1.165, 1.54) is 30.3 Å². The average molecular weight is 795 g/mol. The van der Waals surface area contributed by atoms with Crippen LogP contribution in [0.3, 0.4) is 0 Å². The van der Waals surface area contributed by atoms with Gasteiger partial charge in [0.15, 0.2) is 0 Å². The van der Waals surface area contributed by atoms with Gasteiger partial charge in [-0.15, -0.1) is 0 Å². The molecule has 2 aromatic carbocycles. The zero-order valence-electron chi connectivity index (χ0n) is 36.3. The van der Waals surface area contributed by atoms with E-state index in [4.69, 9.17) is 24.1 Å². The van der Waals surface area contributed by atoms with Crippen molar-refractivity contribution in [2.45, 2.75) is 118 Å². The number of rotatable bonds is 17. The highest BCUT2D eigenvalue weighted by Gasteiger charge is 2.29. The Hall–Kier alpha value is -3.00. The monoisotopic (exact) mass is 795 g/mol. The Morgan fingerprint density at radius 3 is 1.49 bits per heavy atom. The van der Waals surface area contributed by atoms with Crippen LogP contribution >= 0.6 is 0 Å². The van der Waals surface area contributed by atoms with E-state index >= 15 is 0 Å². The van der Waals surface area contributed by atoms with Crippen molar-refractivity contribution in [3.63, 3.8) is 0 Å². The van der Waals surface area contributed by atoms with Gasteiger partial charge in [0.2, 0.25) is 5.91 Å². The normalized spacial score (nSPS) is 13.1. The first-order chi connectivity index (χ1) is 25.3. The van der Waals surface area contributed by atoms with Crippen molar-refractivity contribution in [2.75, 3.05) is 65.6 Å². The second-order valence-corrected chi connectivity index (χ2v) is 18.2. The molecule has 0 aliphatic carbocycles. The smallest absolute Gasteiger partial charge is 0.264 e. The van der Waals surface area contributed by atoms with E-state index in [1.807, 2.05) is 32.9 Å². The van der Waals surface area contributed by atoms with Gasteiger partial charge in [-0.2, -0.15) is 8.42 Å². The number of aliphatic hydroxyl groups is 1. The highest BCUT2D eigenvalue weighted by atomic mass is 32.2. The summed E-state index contributed by atoms with van der Waals surface area (Å²) in [5.74, 6) is 1.63. The van der Waals surface area contributed by atoms with E-state index in [1.54, 1.807) is 20.8 Å². The fraction of sp³-hybridized carbons (Fsp3) is 0.651. The number of carbonyl (C=O) groups excluding carboxylic acids is 1. The van der Waals surface area contributed by atoms with E-state index in [9.17, 15) is 13.2 Å². The molecule has 0 saturated carbocycles. The summed E-state index contributed by atoms with van der Waals surface area (Å²) < 4.78 is 47.5. The number of hydrogen-bond acceptors (Lipinski definition) is 10. The molecule has 1 fully saturated rings. The topological polar surface area (TPSA) is 133 Å². The quantitative estimate of drug-likeness (QED) is 0.0717. The maximum absolute atomic E-state index is 10.6. The Balaban J connectivity index is 0.000000936. The molecular weight excluding hydrogens is 721 g/mol. The lowest BCUT2D eigenvalue weighted by molar-refractivity contribution is -0.117. The summed E-state index contributed by atoms with van der Waals surface area (Å²) in [6.07, 6.45) is 4.52. The number of carbonyl (C=O) groups is 1. The maximum Gasteiger partial charge on any atom is 0.264 e. The molecule has 12 heteroatoms. The van der Waals surface area contributed by atoms with Gasteiger partial charge < -0.3 is 29.4 Å². The minimum Gasteiger partial charge on any atom is -0.494 e. The third-order valence-electron chi connectivity index (χ3n) is 7.50. The third kappa shape index (κ3) is 28.1. The van der Waals surface area contributed by atoms with E-state index in [2.05, 4.69) is 98.9 Å². The zero-order valence-corrected chi connectivity index (χ0v) is 37.1. The maximum atomic E-state index is 10.6. The van der Waals surface area contributed by atoms with Crippen LogP contribution in [0, 0.1) is 0 Å². The Morgan fingerprint density at radius 1 is 0.764 bits per heavy atom. The molecule has 316 valence electrons. The molecule has 2 N–H and O–H groups in total. The summed E-state index contributed by atoms with van der Waals surface area (Å²) in [5, 5.41) is 11.3. The van der Waals surface area contributed by atoms with Crippen LogP contribution in [-0.4, -0.2) is 107 Å². The van der Waals surface area contributed by atoms with E-state index in [0.29, 0.717) is 38.6 Å². The van der Waals surface area contributed by atoms with Crippen molar-refractivity contribution in [3.05, 3.63) is 72.3 Å². The van der Waals surface area contributed by atoms with Gasteiger partial charge in [-0.1, -0.05) is 58.0 Å². The number of hydrogen-bond donors (Lipinski definition) is 2. The van der Waals surface area contributed by atoms with Crippen LogP contribution in [0.1, 0.15) is 107 Å². The van der Waals surface area contributed by atoms with Gasteiger partial charge in [-0.05, 0) is 110 Å². The number of unbranched alkanes of at least 4 members (excludes halogenated alkanes) is 1. The van der Waals surface area contributed by atoms with Gasteiger partial charge in [0.1, 0.15) is 18.1 Å². The number of nitrogens with one attached hydrogen (secondary N) is 1. The highest BCUT2D eigenvalue weighted by molar-refractivity contribution is 7.86. The van der Waals surface area contributed by atoms with Crippen LogP contribution in [0.5, 0.6) is 11.5 Å². The molecule has 3 rings (SSSR count). The number of aliphatic hydroxyl groups excluding tert-OH is 1. The largest absolute Gasteiger partial charge is 0.494 e. The molecule has 0 unspecified atom stereocenters. The Labute approximate surface area is 334 Å². The first-order valence-electron chi connectivity index (χ1n) is 19.2. The van der Waals surface area contributed by atoms with Crippen LogP contribution in [0.15, 0.2) is 61.2 Å². The van der Waals surface area contributed by atoms with Gasteiger partial charge in [-0.25, -0.2) is 0 Å². The molecule has 11 nitrogen and oxygen atoms in total. The predicted octanol–water partition coefficient (Wildman–Crippen LogP) is 7.54. The van der Waals surface area contributed by atoms with Crippen molar-refractivity contribution in [1.82, 2.24) is 10.2 Å². The summed E-state index contributed by atoms with van der Waals surface area (Å²) in [6.45, 7) is 33.3. The average Bonchev–Trinajstić information content (AvgIpc) is 3.92. The first-order valence-corrected chi connectivity index (χ1v) is 21.0. The van der Waals surface area contributed by atoms with E-state index < -0.39 is 15.7 Å². The molecule has 0 atom stereocenters. The number of ether oxygens (including phenoxy) is 4. The highest BCUT2D eigenvalue weighted by Crippen LogP contribution is 2.33. The predicted molar refractivity (Wildman–Crippen MR) is 225 cm³/mol. The van der Waals surface area contributed by atoms with Gasteiger partial charge in [0.05, 0.1) is 51.5 Å². The number of benzene rings is 2. The van der Waals surface area contributed by atoms with Gasteiger partial charge in [-0.3, -0.25) is 13.9 Å². The van der Waals surface area contributed by atoms with Gasteiger partial charge >= 0.3 is 0 Å². The second kappa shape index (κ2) is 25.3. The van der Waals surface area contributed by atoms with Crippen molar-refractivity contribution in [2.24, 2.45) is 0 Å². The molecule has 1 heterocycles.